The van der Waals surface area contributed by atoms with Gasteiger partial charge >= 0.3 is 0 Å². The van der Waals surface area contributed by atoms with Crippen LogP contribution in [0.5, 0.6) is 0 Å². The highest BCUT2D eigenvalue weighted by atomic mass is 79.9. The maximum absolute atomic E-state index is 11.6. The second kappa shape index (κ2) is 3.87. The minimum absolute atomic E-state index is 0.0214. The lowest BCUT2D eigenvalue weighted by Crippen LogP contribution is -2.05. The molecule has 13 heavy (non-hydrogen) atoms. The molecule has 1 heterocycles. The van der Waals surface area contributed by atoms with Crippen LogP contribution in [0.25, 0.3) is 0 Å². The average Bonchev–Trinajstić information content (AvgIpc) is 2.29. The zero-order chi connectivity index (χ0) is 10.0. The fraction of sp³-hybridized carbons (Fsp3) is 0.333. The molecule has 0 saturated carbocycles. The highest BCUT2D eigenvalue weighted by Gasteiger charge is 2.12. The molecular formula is C9H11BrN2O. The number of rotatable bonds is 2. The van der Waals surface area contributed by atoms with Gasteiger partial charge in [0.15, 0.2) is 0 Å². The van der Waals surface area contributed by atoms with E-state index < -0.39 is 0 Å². The zero-order valence-corrected chi connectivity index (χ0v) is 9.42. The van der Waals surface area contributed by atoms with E-state index >= 15 is 0 Å². The second-order valence-electron chi connectivity index (χ2n) is 3.05. The number of aromatic nitrogens is 2. The van der Waals surface area contributed by atoms with Crippen LogP contribution in [0.4, 0.5) is 0 Å². The summed E-state index contributed by atoms with van der Waals surface area (Å²) in [7, 11) is 1.75. The number of aryl methyl sites for hydroxylation is 1. The van der Waals surface area contributed by atoms with Crippen molar-refractivity contribution in [1.82, 2.24) is 9.78 Å². The fourth-order valence-electron chi connectivity index (χ4n) is 1.02. The summed E-state index contributed by atoms with van der Waals surface area (Å²) < 4.78 is 2.30. The number of nitrogens with zero attached hydrogens (tertiary/aromatic N) is 2. The van der Waals surface area contributed by atoms with Crippen LogP contribution in [0.2, 0.25) is 0 Å². The molecule has 0 aliphatic carbocycles. The summed E-state index contributed by atoms with van der Waals surface area (Å²) in [5.41, 5.74) is 1.57. The Morgan fingerprint density at radius 1 is 1.62 bits per heavy atom. The molecule has 1 aromatic rings. The van der Waals surface area contributed by atoms with Gasteiger partial charge in [0, 0.05) is 7.05 Å². The molecule has 4 heteroatoms. The van der Waals surface area contributed by atoms with Crippen LogP contribution in [0.3, 0.4) is 0 Å². The first kappa shape index (κ1) is 10.2. The zero-order valence-electron chi connectivity index (χ0n) is 7.84. The number of carbonyl (C=O) groups is 1. The molecule has 0 atom stereocenters. The summed E-state index contributed by atoms with van der Waals surface area (Å²) in [4.78, 5) is 11.6. The number of hydrogen-bond acceptors (Lipinski definition) is 2. The lowest BCUT2D eigenvalue weighted by Gasteiger charge is -1.97. The van der Waals surface area contributed by atoms with Crippen LogP contribution >= 0.6 is 15.9 Å². The molecule has 0 spiro atoms. The topological polar surface area (TPSA) is 34.9 Å². The van der Waals surface area contributed by atoms with Crippen molar-refractivity contribution in [3.63, 3.8) is 0 Å². The molecule has 0 unspecified atom stereocenters. The molecule has 3 nitrogen and oxygen atoms in total. The first-order valence-corrected chi connectivity index (χ1v) is 4.68. The van der Waals surface area contributed by atoms with Crippen molar-refractivity contribution in [1.29, 1.82) is 0 Å². The van der Waals surface area contributed by atoms with Crippen molar-refractivity contribution in [3.8, 4) is 0 Å². The predicted octanol–water partition coefficient (Wildman–Crippen LogP) is 2.33. The Labute approximate surface area is 85.6 Å². The molecular weight excluding hydrogens is 232 g/mol. The van der Waals surface area contributed by atoms with E-state index in [1.165, 1.54) is 0 Å². The molecule has 0 saturated heterocycles. The van der Waals surface area contributed by atoms with Crippen molar-refractivity contribution < 1.29 is 4.79 Å². The normalized spacial score (nSPS) is 9.85. The Bertz CT molecular complexity index is 342. The van der Waals surface area contributed by atoms with Crippen molar-refractivity contribution >= 4 is 21.7 Å². The quantitative estimate of drug-likeness (QED) is 0.590. The van der Waals surface area contributed by atoms with Gasteiger partial charge in [0.1, 0.15) is 5.69 Å². The van der Waals surface area contributed by atoms with Crippen LogP contribution in [-0.2, 0) is 7.05 Å². The summed E-state index contributed by atoms with van der Waals surface area (Å²) in [6, 6.07) is 0. The number of halogens is 1. The molecule has 1 rings (SSSR count). The Morgan fingerprint density at radius 3 is 2.62 bits per heavy atom. The van der Waals surface area contributed by atoms with E-state index in [1.54, 1.807) is 24.0 Å². The molecule has 0 fully saturated rings. The van der Waals surface area contributed by atoms with E-state index in [1.807, 2.05) is 13.8 Å². The first-order valence-electron chi connectivity index (χ1n) is 3.89. The van der Waals surface area contributed by atoms with Gasteiger partial charge in [-0.2, -0.15) is 5.10 Å². The molecule has 0 aliphatic heterocycles. The summed E-state index contributed by atoms with van der Waals surface area (Å²) in [6.45, 7) is 3.78. The lowest BCUT2D eigenvalue weighted by molar-refractivity contribution is 0.103. The van der Waals surface area contributed by atoms with Crippen molar-refractivity contribution in [2.75, 3.05) is 0 Å². The van der Waals surface area contributed by atoms with Gasteiger partial charge in [0.25, 0.3) is 0 Å². The van der Waals surface area contributed by atoms with Crippen LogP contribution < -0.4 is 0 Å². The highest BCUT2D eigenvalue weighted by Crippen LogP contribution is 2.16. The maximum Gasteiger partial charge on any atom is 0.204 e. The highest BCUT2D eigenvalue weighted by molar-refractivity contribution is 9.10. The summed E-state index contributed by atoms with van der Waals surface area (Å²) in [5, 5.41) is 3.96. The van der Waals surface area contributed by atoms with Crippen LogP contribution in [0.1, 0.15) is 24.3 Å². The van der Waals surface area contributed by atoms with Crippen molar-refractivity contribution in [2.45, 2.75) is 13.8 Å². The fourth-order valence-corrected chi connectivity index (χ4v) is 1.56. The molecule has 0 aromatic carbocycles. The van der Waals surface area contributed by atoms with E-state index in [2.05, 4.69) is 21.0 Å². The minimum Gasteiger partial charge on any atom is -0.288 e. The second-order valence-corrected chi connectivity index (χ2v) is 3.90. The van der Waals surface area contributed by atoms with E-state index in [0.29, 0.717) is 5.69 Å². The number of ketones is 1. The maximum atomic E-state index is 11.6. The van der Waals surface area contributed by atoms with Gasteiger partial charge in [-0.1, -0.05) is 5.57 Å². The third-order valence-corrected chi connectivity index (χ3v) is 2.13. The molecule has 0 N–H and O–H groups in total. The molecule has 0 radical (unpaired) electrons. The monoisotopic (exact) mass is 242 g/mol. The Morgan fingerprint density at radius 2 is 2.23 bits per heavy atom. The van der Waals surface area contributed by atoms with Gasteiger partial charge in [-0.3, -0.25) is 9.48 Å². The number of hydrogen-bond donors (Lipinski definition) is 0. The van der Waals surface area contributed by atoms with Gasteiger partial charge in [-0.25, -0.2) is 0 Å². The van der Waals surface area contributed by atoms with Crippen molar-refractivity contribution in [3.05, 3.63) is 28.0 Å². The largest absolute Gasteiger partial charge is 0.288 e. The molecule has 0 aliphatic rings. The SMILES string of the molecule is CC(C)=CC(=O)c1c(Br)cnn1C. The van der Waals surface area contributed by atoms with Gasteiger partial charge in [-0.15, -0.1) is 0 Å². The lowest BCUT2D eigenvalue weighted by atomic mass is 10.2. The molecule has 0 amide bonds. The van der Waals surface area contributed by atoms with E-state index in [0.717, 1.165) is 10.0 Å². The van der Waals surface area contributed by atoms with Gasteiger partial charge in [-0.05, 0) is 35.9 Å². The van der Waals surface area contributed by atoms with E-state index in [9.17, 15) is 4.79 Å². The first-order chi connectivity index (χ1) is 6.02. The molecule has 0 bridgehead atoms. The third-order valence-electron chi connectivity index (χ3n) is 1.55. The minimum atomic E-state index is -0.0214. The summed E-state index contributed by atoms with van der Waals surface area (Å²) in [6.07, 6.45) is 3.22. The third kappa shape index (κ3) is 2.28. The molecule has 1 aromatic heterocycles. The summed E-state index contributed by atoms with van der Waals surface area (Å²) in [5.74, 6) is -0.0214. The van der Waals surface area contributed by atoms with Crippen molar-refractivity contribution in [2.24, 2.45) is 7.05 Å². The number of carbonyl (C=O) groups excluding carboxylic acids is 1. The Hall–Kier alpha value is -0.900. The van der Waals surface area contributed by atoms with E-state index in [4.69, 9.17) is 0 Å². The standard InChI is InChI=1S/C9H11BrN2O/c1-6(2)4-8(13)9-7(10)5-11-12(9)3/h4-5H,1-3H3. The van der Waals surface area contributed by atoms with Crippen LogP contribution in [0, 0.1) is 0 Å². The smallest absolute Gasteiger partial charge is 0.204 e. The van der Waals surface area contributed by atoms with Crippen LogP contribution in [0.15, 0.2) is 22.3 Å². The predicted molar refractivity (Wildman–Crippen MR) is 54.7 cm³/mol. The van der Waals surface area contributed by atoms with Crippen LogP contribution in [-0.4, -0.2) is 15.6 Å². The average molecular weight is 243 g/mol. The molecule has 70 valence electrons. The summed E-state index contributed by atoms with van der Waals surface area (Å²) >= 11 is 3.27. The van der Waals surface area contributed by atoms with Gasteiger partial charge < -0.3 is 0 Å². The van der Waals surface area contributed by atoms with Gasteiger partial charge in [0.05, 0.1) is 10.7 Å². The number of allylic oxidation sites excluding steroid dienone is 2. The Balaban J connectivity index is 3.08. The van der Waals surface area contributed by atoms with Gasteiger partial charge in [0.2, 0.25) is 5.78 Å². The van der Waals surface area contributed by atoms with E-state index in [-0.39, 0.29) is 5.78 Å². The Kier molecular flexibility index (Phi) is 3.03.